The number of aliphatic hydroxyl groups is 1. The highest BCUT2D eigenvalue weighted by Gasteiger charge is 2.51. The average Bonchev–Trinajstić information content (AvgIpc) is 2.77. The maximum absolute atomic E-state index is 12.5. The monoisotopic (exact) mass is 387 g/mol. The lowest BCUT2D eigenvalue weighted by Crippen LogP contribution is -2.53. The van der Waals surface area contributed by atoms with Gasteiger partial charge in [0.1, 0.15) is 11.4 Å². The van der Waals surface area contributed by atoms with Gasteiger partial charge in [-0.2, -0.15) is 0 Å². The van der Waals surface area contributed by atoms with Crippen LogP contribution in [0, 0.1) is 0 Å². The van der Waals surface area contributed by atoms with E-state index in [1.807, 2.05) is 0 Å². The molecule has 8 heteroatoms. The average molecular weight is 387 g/mol. The lowest BCUT2D eigenvalue weighted by Gasteiger charge is -2.44. The van der Waals surface area contributed by atoms with E-state index in [4.69, 9.17) is 4.74 Å². The van der Waals surface area contributed by atoms with Gasteiger partial charge in [-0.3, -0.25) is 0 Å². The number of nitrogens with zero attached hydrogens (tertiary/aromatic N) is 1. The molecule has 2 aliphatic heterocycles. The fraction of sp³-hybridized carbons (Fsp3) is 0.632. The van der Waals surface area contributed by atoms with E-state index in [0.717, 1.165) is 12.8 Å². The SMILES string of the molecule is CC(C)(C)OC(=O)N1C2CCC1CC(O)(c1ccc(OC(F)(F)F)cc1)C2. The summed E-state index contributed by atoms with van der Waals surface area (Å²) in [6.45, 7) is 5.41. The van der Waals surface area contributed by atoms with E-state index in [1.54, 1.807) is 25.7 Å². The van der Waals surface area contributed by atoms with Gasteiger partial charge in [0.25, 0.3) is 0 Å². The summed E-state index contributed by atoms with van der Waals surface area (Å²) in [5, 5.41) is 11.1. The van der Waals surface area contributed by atoms with Crippen molar-refractivity contribution in [3.8, 4) is 5.75 Å². The third-order valence-electron chi connectivity index (χ3n) is 5.00. The maximum atomic E-state index is 12.5. The van der Waals surface area contributed by atoms with Crippen molar-refractivity contribution >= 4 is 6.09 Å². The second kappa shape index (κ2) is 6.58. The topological polar surface area (TPSA) is 59.0 Å². The van der Waals surface area contributed by atoms with Crippen molar-refractivity contribution < 1.29 is 32.5 Å². The number of benzene rings is 1. The lowest BCUT2D eigenvalue weighted by atomic mass is 9.80. The van der Waals surface area contributed by atoms with Gasteiger partial charge in [-0.25, -0.2) is 4.79 Å². The number of ether oxygens (including phenoxy) is 2. The summed E-state index contributed by atoms with van der Waals surface area (Å²) in [6, 6.07) is 4.98. The van der Waals surface area contributed by atoms with E-state index in [9.17, 15) is 23.1 Å². The first-order valence-electron chi connectivity index (χ1n) is 8.96. The van der Waals surface area contributed by atoms with Crippen LogP contribution in [0.1, 0.15) is 52.0 Å². The molecule has 1 aromatic carbocycles. The quantitative estimate of drug-likeness (QED) is 0.820. The van der Waals surface area contributed by atoms with Gasteiger partial charge in [-0.1, -0.05) is 12.1 Å². The van der Waals surface area contributed by atoms with Crippen LogP contribution in [0.5, 0.6) is 5.75 Å². The molecule has 27 heavy (non-hydrogen) atoms. The molecule has 2 aliphatic rings. The van der Waals surface area contributed by atoms with Crippen molar-refractivity contribution in [2.45, 2.75) is 76.1 Å². The van der Waals surface area contributed by atoms with Crippen LogP contribution in [0.3, 0.4) is 0 Å². The van der Waals surface area contributed by atoms with Crippen molar-refractivity contribution in [1.29, 1.82) is 0 Å². The number of amides is 1. The molecule has 2 atom stereocenters. The molecule has 2 unspecified atom stereocenters. The summed E-state index contributed by atoms with van der Waals surface area (Å²) in [5.41, 5.74) is -1.27. The number of hydrogen-bond donors (Lipinski definition) is 1. The van der Waals surface area contributed by atoms with E-state index in [1.165, 1.54) is 24.3 Å². The standard InChI is InChI=1S/C19H24F3NO4/c1-17(2,3)27-16(24)23-13-6-7-14(23)11-18(25,10-13)12-4-8-15(9-5-12)26-19(20,21)22/h4-5,8-9,13-14,25H,6-7,10-11H2,1-3H3. The van der Waals surface area contributed by atoms with Crippen LogP contribution in [0.2, 0.25) is 0 Å². The molecule has 1 aromatic rings. The Morgan fingerprint density at radius 2 is 1.63 bits per heavy atom. The summed E-state index contributed by atoms with van der Waals surface area (Å²) < 4.78 is 46.2. The largest absolute Gasteiger partial charge is 0.573 e. The second-order valence-corrected chi connectivity index (χ2v) is 8.28. The lowest BCUT2D eigenvalue weighted by molar-refractivity contribution is -0.274. The first kappa shape index (κ1) is 19.8. The van der Waals surface area contributed by atoms with E-state index in [-0.39, 0.29) is 23.9 Å². The molecule has 1 amide bonds. The second-order valence-electron chi connectivity index (χ2n) is 8.28. The van der Waals surface area contributed by atoms with Gasteiger partial charge in [0, 0.05) is 24.9 Å². The van der Waals surface area contributed by atoms with Crippen LogP contribution in [0.25, 0.3) is 0 Å². The minimum atomic E-state index is -4.75. The van der Waals surface area contributed by atoms with Crippen LogP contribution in [-0.2, 0) is 10.3 Å². The van der Waals surface area contributed by atoms with Crippen molar-refractivity contribution in [1.82, 2.24) is 4.90 Å². The smallest absolute Gasteiger partial charge is 0.444 e. The Bertz CT molecular complexity index is 682. The van der Waals surface area contributed by atoms with Gasteiger partial charge < -0.3 is 19.5 Å². The predicted molar refractivity (Wildman–Crippen MR) is 91.1 cm³/mol. The normalized spacial score (nSPS) is 28.2. The van der Waals surface area contributed by atoms with Crippen molar-refractivity contribution in [2.75, 3.05) is 0 Å². The van der Waals surface area contributed by atoms with Crippen molar-refractivity contribution in [3.05, 3.63) is 29.8 Å². The Hall–Kier alpha value is -1.96. The van der Waals surface area contributed by atoms with Gasteiger partial charge in [-0.05, 0) is 51.3 Å². The molecule has 3 rings (SSSR count). The van der Waals surface area contributed by atoms with E-state index in [2.05, 4.69) is 4.74 Å². The highest BCUT2D eigenvalue weighted by atomic mass is 19.4. The van der Waals surface area contributed by atoms with Gasteiger partial charge in [0.2, 0.25) is 0 Å². The number of piperidine rings is 1. The third kappa shape index (κ3) is 4.48. The molecule has 1 N–H and O–H groups in total. The van der Waals surface area contributed by atoms with E-state index in [0.29, 0.717) is 18.4 Å². The number of halogens is 3. The molecule has 2 fully saturated rings. The fourth-order valence-corrected chi connectivity index (χ4v) is 4.04. The summed E-state index contributed by atoms with van der Waals surface area (Å²) in [6.07, 6.45) is -2.96. The Morgan fingerprint density at radius 1 is 1.11 bits per heavy atom. The molecule has 2 saturated heterocycles. The zero-order chi connectivity index (χ0) is 20.0. The molecule has 0 spiro atoms. The zero-order valence-electron chi connectivity index (χ0n) is 15.5. The van der Waals surface area contributed by atoms with E-state index < -0.39 is 17.6 Å². The molecule has 0 radical (unpaired) electrons. The first-order chi connectivity index (χ1) is 12.4. The number of carbonyl (C=O) groups is 1. The predicted octanol–water partition coefficient (Wildman–Crippen LogP) is 4.33. The van der Waals surface area contributed by atoms with Crippen LogP contribution in [-0.4, -0.2) is 40.1 Å². The first-order valence-corrected chi connectivity index (χ1v) is 8.96. The summed E-state index contributed by atoms with van der Waals surface area (Å²) >= 11 is 0. The van der Waals surface area contributed by atoms with E-state index >= 15 is 0 Å². The minimum Gasteiger partial charge on any atom is -0.444 e. The number of hydrogen-bond acceptors (Lipinski definition) is 4. The highest BCUT2D eigenvalue weighted by Crippen LogP contribution is 2.46. The van der Waals surface area contributed by atoms with Crippen LogP contribution in [0.15, 0.2) is 24.3 Å². The molecule has 0 aliphatic carbocycles. The minimum absolute atomic E-state index is 0.158. The van der Waals surface area contributed by atoms with Crippen LogP contribution >= 0.6 is 0 Å². The highest BCUT2D eigenvalue weighted by molar-refractivity contribution is 5.69. The van der Waals surface area contributed by atoms with Gasteiger partial charge in [0.05, 0.1) is 5.60 Å². The molecule has 0 saturated carbocycles. The zero-order valence-corrected chi connectivity index (χ0v) is 15.5. The Kier molecular flexibility index (Phi) is 4.82. The summed E-state index contributed by atoms with van der Waals surface area (Å²) in [7, 11) is 0. The molecular formula is C19H24F3NO4. The Labute approximate surface area is 156 Å². The summed E-state index contributed by atoms with van der Waals surface area (Å²) in [4.78, 5) is 14.2. The molecule has 5 nitrogen and oxygen atoms in total. The molecule has 2 heterocycles. The van der Waals surface area contributed by atoms with Crippen molar-refractivity contribution in [2.24, 2.45) is 0 Å². The van der Waals surface area contributed by atoms with Crippen LogP contribution < -0.4 is 4.74 Å². The molecule has 2 bridgehead atoms. The number of rotatable bonds is 2. The maximum Gasteiger partial charge on any atom is 0.573 e. The number of fused-ring (bicyclic) bond motifs is 2. The Morgan fingerprint density at radius 3 is 2.07 bits per heavy atom. The number of alkyl halides is 3. The van der Waals surface area contributed by atoms with Gasteiger partial charge >= 0.3 is 12.5 Å². The van der Waals surface area contributed by atoms with Gasteiger partial charge in [-0.15, -0.1) is 13.2 Å². The number of carbonyl (C=O) groups excluding carboxylic acids is 1. The third-order valence-corrected chi connectivity index (χ3v) is 5.00. The molecular weight excluding hydrogens is 363 g/mol. The van der Waals surface area contributed by atoms with Crippen molar-refractivity contribution in [3.63, 3.8) is 0 Å². The van der Waals surface area contributed by atoms with Gasteiger partial charge in [0.15, 0.2) is 0 Å². The fourth-order valence-electron chi connectivity index (χ4n) is 4.04. The van der Waals surface area contributed by atoms with Crippen LogP contribution in [0.4, 0.5) is 18.0 Å². The molecule has 0 aromatic heterocycles. The summed E-state index contributed by atoms with van der Waals surface area (Å²) in [5.74, 6) is -0.330. The Balaban J connectivity index is 1.74. The molecule has 150 valence electrons.